The molecule has 0 rings (SSSR count). The Morgan fingerprint density at radius 1 is 1.00 bits per heavy atom. The molecule has 0 saturated carbocycles. The van der Waals surface area contributed by atoms with E-state index < -0.39 is 0 Å². The van der Waals surface area contributed by atoms with Gasteiger partial charge in [0.15, 0.2) is 0 Å². The van der Waals surface area contributed by atoms with Crippen LogP contribution in [-0.4, -0.2) is 44.2 Å². The topological polar surface area (TPSA) is 0 Å². The van der Waals surface area contributed by atoms with Gasteiger partial charge in [0.25, 0.3) is 0 Å². The van der Waals surface area contributed by atoms with Crippen LogP contribution in [0.4, 0.5) is 0 Å². The van der Waals surface area contributed by atoms with Crippen molar-refractivity contribution < 1.29 is 17.1 Å². The number of hydrogen-bond donors (Lipinski definition) is 0. The van der Waals surface area contributed by atoms with E-state index in [2.05, 4.69) is 0 Å². The van der Waals surface area contributed by atoms with E-state index in [4.69, 9.17) is 0 Å². The first-order valence-corrected chi connectivity index (χ1v) is 0. The minimum absolute atomic E-state index is 0. The van der Waals surface area contributed by atoms with Gasteiger partial charge in [-0.2, -0.15) is 0 Å². The van der Waals surface area contributed by atoms with Crippen molar-refractivity contribution in [3.8, 4) is 0 Å². The molecule has 0 aliphatic rings. The molecule has 0 saturated heterocycles. The smallest absolute Gasteiger partial charge is 1.00 e. The fourth-order valence-electron chi connectivity index (χ4n) is 0. The molecule has 0 aliphatic heterocycles. The minimum Gasteiger partial charge on any atom is -1.00 e. The summed E-state index contributed by atoms with van der Waals surface area (Å²) in [6, 6.07) is 0. The zero-order valence-corrected chi connectivity index (χ0v) is 7.51. The molecule has 18 valence electrons. The van der Waals surface area contributed by atoms with Gasteiger partial charge in [-0.3, -0.25) is 0 Å². The first kappa shape index (κ1) is 44.2. The SMILES string of the molecule is [Cl-].[F-].[Ga+3].[Sb+3]. The van der Waals surface area contributed by atoms with Gasteiger partial charge < -0.3 is 17.1 Å². The average molecular weight is 246 g/mol. The van der Waals surface area contributed by atoms with Gasteiger partial charge in [-0.05, 0) is 0 Å². The summed E-state index contributed by atoms with van der Waals surface area (Å²) in [7, 11) is 0. The second-order valence-corrected chi connectivity index (χ2v) is 0. The normalized spacial score (nSPS) is 0. The minimum atomic E-state index is 0. The maximum atomic E-state index is 0. The van der Waals surface area contributed by atoms with Crippen LogP contribution in [0.25, 0.3) is 0 Å². The van der Waals surface area contributed by atoms with Gasteiger partial charge in [0.05, 0.1) is 0 Å². The molecule has 0 spiro atoms. The summed E-state index contributed by atoms with van der Waals surface area (Å²) in [5.41, 5.74) is 0. The van der Waals surface area contributed by atoms with Crippen LogP contribution in [0.1, 0.15) is 0 Å². The molecule has 0 nitrogen and oxygen atoms in total. The van der Waals surface area contributed by atoms with Crippen molar-refractivity contribution in [1.82, 2.24) is 0 Å². The van der Waals surface area contributed by atoms with Crippen molar-refractivity contribution >= 4 is 44.2 Å². The Morgan fingerprint density at radius 2 is 1.00 bits per heavy atom. The molecule has 0 aromatic rings. The zero-order chi connectivity index (χ0) is 0. The van der Waals surface area contributed by atoms with E-state index in [9.17, 15) is 0 Å². The largest absolute Gasteiger partial charge is 3.00 e. The van der Waals surface area contributed by atoms with Crippen molar-refractivity contribution in [1.29, 1.82) is 0 Å². The Bertz CT molecular complexity index is 8.00. The van der Waals surface area contributed by atoms with E-state index >= 15 is 0 Å². The first-order valence-electron chi connectivity index (χ1n) is 0. The molecular formula is ClFGaSb+4. The fourth-order valence-corrected chi connectivity index (χ4v) is 0. The predicted octanol–water partition coefficient (Wildman–Crippen LogP) is -6.75. The number of rotatable bonds is 0. The Hall–Kier alpha value is 1.67. The van der Waals surface area contributed by atoms with Crippen LogP contribution in [-0.2, 0) is 0 Å². The monoisotopic (exact) mass is 244 g/mol. The molecule has 0 amide bonds. The van der Waals surface area contributed by atoms with E-state index in [1.807, 2.05) is 0 Å². The summed E-state index contributed by atoms with van der Waals surface area (Å²) < 4.78 is 0. The van der Waals surface area contributed by atoms with Gasteiger partial charge in [0.1, 0.15) is 0 Å². The van der Waals surface area contributed by atoms with Crippen LogP contribution in [0.15, 0.2) is 0 Å². The molecule has 4 heteroatoms. The number of halogens is 2. The maximum absolute atomic E-state index is 0. The van der Waals surface area contributed by atoms with Crippen molar-refractivity contribution in [3.63, 3.8) is 0 Å². The summed E-state index contributed by atoms with van der Waals surface area (Å²) in [4.78, 5) is 0. The second-order valence-electron chi connectivity index (χ2n) is 0. The standard InChI is InChI=1S/ClH.FH.Ga.Sb/h2*1H;;/q;;2*+3/p-2. The molecule has 0 fully saturated rings. The van der Waals surface area contributed by atoms with E-state index in [-0.39, 0.29) is 61.3 Å². The van der Waals surface area contributed by atoms with Crippen molar-refractivity contribution in [2.24, 2.45) is 0 Å². The third kappa shape index (κ3) is 9.37. The molecule has 0 N–H and O–H groups in total. The summed E-state index contributed by atoms with van der Waals surface area (Å²) in [5, 5.41) is 0. The molecule has 0 aliphatic carbocycles. The Kier molecular flexibility index (Phi) is 249. The van der Waals surface area contributed by atoms with Crippen LogP contribution in [0.3, 0.4) is 0 Å². The van der Waals surface area contributed by atoms with Crippen LogP contribution in [0, 0.1) is 0 Å². The van der Waals surface area contributed by atoms with Crippen molar-refractivity contribution in [3.05, 3.63) is 0 Å². The first-order chi connectivity index (χ1) is 0. The van der Waals surface area contributed by atoms with E-state index in [1.165, 1.54) is 0 Å². The van der Waals surface area contributed by atoms with Gasteiger partial charge in [-0.25, -0.2) is 0 Å². The van der Waals surface area contributed by atoms with Crippen LogP contribution >= 0.6 is 0 Å². The molecule has 0 aromatic carbocycles. The summed E-state index contributed by atoms with van der Waals surface area (Å²) in [6.45, 7) is 0. The van der Waals surface area contributed by atoms with E-state index in [1.54, 1.807) is 0 Å². The second kappa shape index (κ2) is 22.5. The Morgan fingerprint density at radius 3 is 1.00 bits per heavy atom. The van der Waals surface area contributed by atoms with E-state index in [0.717, 1.165) is 0 Å². The van der Waals surface area contributed by atoms with Crippen molar-refractivity contribution in [2.45, 2.75) is 0 Å². The summed E-state index contributed by atoms with van der Waals surface area (Å²) in [5.74, 6) is 0. The molecule has 0 bridgehead atoms. The van der Waals surface area contributed by atoms with E-state index in [0.29, 0.717) is 0 Å². The van der Waals surface area contributed by atoms with Crippen LogP contribution in [0.2, 0.25) is 0 Å². The molecule has 0 aromatic heterocycles. The van der Waals surface area contributed by atoms with Gasteiger partial charge in [0, 0.05) is 0 Å². The molecule has 2 radical (unpaired) electrons. The summed E-state index contributed by atoms with van der Waals surface area (Å²) >= 11 is 0. The molecular weight excluding hydrogens is 246 g/mol. The zero-order valence-electron chi connectivity index (χ0n) is 1.78. The molecule has 0 atom stereocenters. The van der Waals surface area contributed by atoms with Gasteiger partial charge >= 0.3 is 44.2 Å². The van der Waals surface area contributed by atoms with Crippen molar-refractivity contribution in [2.75, 3.05) is 0 Å². The van der Waals surface area contributed by atoms with Crippen LogP contribution < -0.4 is 17.1 Å². The quantitative estimate of drug-likeness (QED) is 0.373. The number of hydrogen-bond acceptors (Lipinski definition) is 0. The van der Waals surface area contributed by atoms with Gasteiger partial charge in [-0.15, -0.1) is 0 Å². The van der Waals surface area contributed by atoms with Gasteiger partial charge in [0.2, 0.25) is 0 Å². The third-order valence-electron chi connectivity index (χ3n) is 0. The van der Waals surface area contributed by atoms with Gasteiger partial charge in [-0.1, -0.05) is 0 Å². The fraction of sp³-hybridized carbons (Fsp3) is 0. The Balaban J connectivity index is 0. The predicted molar refractivity (Wildman–Crippen MR) is 11.5 cm³/mol. The molecule has 0 unspecified atom stereocenters. The van der Waals surface area contributed by atoms with Crippen LogP contribution in [0.5, 0.6) is 0 Å². The maximum Gasteiger partial charge on any atom is 3.00 e. The molecule has 0 heterocycles. The Labute approximate surface area is 61.0 Å². The average Bonchev–Trinajstić information content (AvgIpc) is 0. The third-order valence-corrected chi connectivity index (χ3v) is 0. The molecule has 4 heavy (non-hydrogen) atoms. The summed E-state index contributed by atoms with van der Waals surface area (Å²) in [6.07, 6.45) is 0.